The molecule has 1 atom stereocenters. The zero-order valence-electron chi connectivity index (χ0n) is 14.8. The van der Waals surface area contributed by atoms with Crippen LogP contribution in [0.25, 0.3) is 0 Å². The van der Waals surface area contributed by atoms with Crippen molar-refractivity contribution in [2.45, 2.75) is 37.9 Å². The van der Waals surface area contributed by atoms with Crippen molar-refractivity contribution in [2.75, 3.05) is 0 Å². The topological polar surface area (TPSA) is 50.7 Å². The molecule has 0 aliphatic heterocycles. The van der Waals surface area contributed by atoms with Crippen LogP contribution in [-0.2, 0) is 10.5 Å². The van der Waals surface area contributed by atoms with Crippen molar-refractivity contribution >= 4 is 23.9 Å². The van der Waals surface area contributed by atoms with Crippen LogP contribution in [0.4, 0.5) is 0 Å². The molecule has 1 amide bonds. The lowest BCUT2D eigenvalue weighted by Gasteiger charge is -2.10. The predicted octanol–water partition coefficient (Wildman–Crippen LogP) is 4.25. The Balaban J connectivity index is 1.77. The molecule has 0 saturated carbocycles. The highest BCUT2D eigenvalue weighted by atomic mass is 32.2. The quantitative estimate of drug-likeness (QED) is 0.568. The molecule has 0 aliphatic rings. The Morgan fingerprint density at radius 1 is 1.12 bits per heavy atom. The number of rotatable bonds is 8. The highest BCUT2D eigenvalue weighted by Crippen LogP contribution is 2.17. The molecule has 25 heavy (non-hydrogen) atoms. The number of hydrazone groups is 1. The molecule has 2 rings (SSSR count). The highest BCUT2D eigenvalue weighted by Gasteiger charge is 2.12. The third-order valence-electron chi connectivity index (χ3n) is 3.35. The van der Waals surface area contributed by atoms with Crippen LogP contribution in [0.15, 0.2) is 59.7 Å². The summed E-state index contributed by atoms with van der Waals surface area (Å²) < 4.78 is 5.59. The fraction of sp³-hybridized carbons (Fsp3) is 0.300. The summed E-state index contributed by atoms with van der Waals surface area (Å²) in [6.45, 7) is 5.86. The number of carbonyl (C=O) groups is 1. The monoisotopic (exact) mass is 356 g/mol. The van der Waals surface area contributed by atoms with Gasteiger partial charge in [0.15, 0.2) is 0 Å². The fourth-order valence-corrected chi connectivity index (χ4v) is 2.88. The van der Waals surface area contributed by atoms with Gasteiger partial charge in [0.2, 0.25) is 0 Å². The molecule has 0 unspecified atom stereocenters. The molecule has 2 aromatic rings. The van der Waals surface area contributed by atoms with E-state index in [9.17, 15) is 4.79 Å². The van der Waals surface area contributed by atoms with Crippen molar-refractivity contribution in [3.05, 3.63) is 65.7 Å². The summed E-state index contributed by atoms with van der Waals surface area (Å²) in [7, 11) is 0. The van der Waals surface area contributed by atoms with E-state index in [2.05, 4.69) is 22.7 Å². The van der Waals surface area contributed by atoms with Crippen molar-refractivity contribution in [1.82, 2.24) is 5.43 Å². The number of benzene rings is 2. The summed E-state index contributed by atoms with van der Waals surface area (Å²) in [5.74, 6) is 1.52. The lowest BCUT2D eigenvalue weighted by atomic mass is 10.2. The van der Waals surface area contributed by atoms with Gasteiger partial charge in [0.1, 0.15) is 5.75 Å². The minimum Gasteiger partial charge on any atom is -0.491 e. The van der Waals surface area contributed by atoms with E-state index < -0.39 is 0 Å². The van der Waals surface area contributed by atoms with Crippen molar-refractivity contribution in [2.24, 2.45) is 5.10 Å². The van der Waals surface area contributed by atoms with Crippen LogP contribution in [0.5, 0.6) is 5.75 Å². The van der Waals surface area contributed by atoms with Crippen LogP contribution >= 0.6 is 11.8 Å². The molecule has 0 radical (unpaired) electrons. The van der Waals surface area contributed by atoms with Gasteiger partial charge in [0, 0.05) is 5.75 Å². The van der Waals surface area contributed by atoms with E-state index in [-0.39, 0.29) is 17.3 Å². The molecule has 0 aromatic heterocycles. The summed E-state index contributed by atoms with van der Waals surface area (Å²) in [6, 6.07) is 17.7. The first-order chi connectivity index (χ1) is 12.0. The van der Waals surface area contributed by atoms with Crippen LogP contribution in [0, 0.1) is 0 Å². The maximum atomic E-state index is 12.1. The van der Waals surface area contributed by atoms with Gasteiger partial charge in [0.05, 0.1) is 17.6 Å². The Kier molecular flexibility index (Phi) is 7.54. The molecule has 1 N–H and O–H groups in total. The zero-order valence-corrected chi connectivity index (χ0v) is 15.6. The number of amides is 1. The first-order valence-electron chi connectivity index (χ1n) is 8.30. The Bertz CT molecular complexity index is 685. The minimum atomic E-state index is -0.167. The Morgan fingerprint density at radius 3 is 2.44 bits per heavy atom. The van der Waals surface area contributed by atoms with Crippen molar-refractivity contribution in [3.63, 3.8) is 0 Å². The smallest absolute Gasteiger partial charge is 0.252 e. The van der Waals surface area contributed by atoms with E-state index in [1.165, 1.54) is 5.56 Å². The predicted molar refractivity (Wildman–Crippen MR) is 105 cm³/mol. The van der Waals surface area contributed by atoms with Crippen molar-refractivity contribution < 1.29 is 9.53 Å². The van der Waals surface area contributed by atoms with E-state index in [1.54, 1.807) is 18.0 Å². The summed E-state index contributed by atoms with van der Waals surface area (Å²) in [4.78, 5) is 12.1. The summed E-state index contributed by atoms with van der Waals surface area (Å²) in [5.41, 5.74) is 4.70. The number of carbonyl (C=O) groups excluding carboxylic acids is 1. The van der Waals surface area contributed by atoms with Crippen LogP contribution in [0.3, 0.4) is 0 Å². The van der Waals surface area contributed by atoms with Crippen LogP contribution in [-0.4, -0.2) is 23.5 Å². The van der Waals surface area contributed by atoms with Crippen molar-refractivity contribution in [1.29, 1.82) is 0 Å². The first-order valence-corrected chi connectivity index (χ1v) is 9.34. The number of thioether (sulfide) groups is 1. The lowest BCUT2D eigenvalue weighted by Crippen LogP contribution is -2.26. The number of hydrogen-bond donors (Lipinski definition) is 1. The molecule has 132 valence electrons. The summed E-state index contributed by atoms with van der Waals surface area (Å²) >= 11 is 1.59. The standard InChI is InChI=1S/C20H24N2O2S/c1-15(2)24-19-11-9-17(10-12-19)13-21-22-20(23)16(3)25-14-18-7-5-4-6-8-18/h4-13,15-16H,14H2,1-3H3,(H,22,23)/b21-13-/t16-/m0/s1. The van der Waals surface area contributed by atoms with Gasteiger partial charge in [-0.1, -0.05) is 30.3 Å². The van der Waals surface area contributed by atoms with E-state index in [0.717, 1.165) is 17.1 Å². The van der Waals surface area contributed by atoms with E-state index >= 15 is 0 Å². The van der Waals surface area contributed by atoms with Gasteiger partial charge < -0.3 is 4.74 Å². The molecule has 0 spiro atoms. The van der Waals surface area contributed by atoms with Crippen molar-refractivity contribution in [3.8, 4) is 5.75 Å². The van der Waals surface area contributed by atoms with Crippen LogP contribution in [0.2, 0.25) is 0 Å². The van der Waals surface area contributed by atoms with E-state index in [4.69, 9.17) is 4.74 Å². The molecular formula is C20H24N2O2S. The lowest BCUT2D eigenvalue weighted by molar-refractivity contribution is -0.120. The number of nitrogens with one attached hydrogen (secondary N) is 1. The SMILES string of the molecule is CC(C)Oc1ccc(/C=N\NC(=O)[C@H](C)SCc2ccccc2)cc1. The second kappa shape index (κ2) is 9.89. The maximum Gasteiger partial charge on any atom is 0.252 e. The second-order valence-electron chi connectivity index (χ2n) is 5.91. The number of ether oxygens (including phenoxy) is 1. The van der Waals surface area contributed by atoms with Gasteiger partial charge >= 0.3 is 0 Å². The minimum absolute atomic E-state index is 0.100. The average Bonchev–Trinajstić information content (AvgIpc) is 2.61. The van der Waals surface area contributed by atoms with Gasteiger partial charge in [-0.2, -0.15) is 5.10 Å². The highest BCUT2D eigenvalue weighted by molar-refractivity contribution is 7.99. The van der Waals surface area contributed by atoms with Crippen LogP contribution in [0.1, 0.15) is 31.9 Å². The molecular weight excluding hydrogens is 332 g/mol. The molecule has 0 bridgehead atoms. The second-order valence-corrected chi connectivity index (χ2v) is 7.24. The zero-order chi connectivity index (χ0) is 18.1. The van der Waals surface area contributed by atoms with Crippen LogP contribution < -0.4 is 10.2 Å². The molecule has 0 saturated heterocycles. The Morgan fingerprint density at radius 2 is 1.80 bits per heavy atom. The van der Waals surface area contributed by atoms with Gasteiger partial charge in [0.25, 0.3) is 5.91 Å². The molecule has 5 heteroatoms. The molecule has 0 aliphatic carbocycles. The summed E-state index contributed by atoms with van der Waals surface area (Å²) in [6.07, 6.45) is 1.78. The maximum absolute atomic E-state index is 12.1. The van der Waals surface area contributed by atoms with Gasteiger partial charge in [-0.3, -0.25) is 4.79 Å². The molecule has 0 heterocycles. The summed E-state index contributed by atoms with van der Waals surface area (Å²) in [5, 5.41) is 3.86. The van der Waals surface area contributed by atoms with Gasteiger partial charge in [-0.25, -0.2) is 5.43 Å². The van der Waals surface area contributed by atoms with Gasteiger partial charge in [-0.05, 0) is 56.2 Å². The molecule has 0 fully saturated rings. The molecule has 2 aromatic carbocycles. The number of hydrogen-bond acceptors (Lipinski definition) is 4. The molecule has 4 nitrogen and oxygen atoms in total. The van der Waals surface area contributed by atoms with E-state index in [1.807, 2.05) is 63.2 Å². The Hall–Kier alpha value is -2.27. The Labute approximate surface area is 153 Å². The van der Waals surface area contributed by atoms with E-state index in [0.29, 0.717) is 0 Å². The fourth-order valence-electron chi connectivity index (χ4n) is 2.04. The van der Waals surface area contributed by atoms with Gasteiger partial charge in [-0.15, -0.1) is 11.8 Å². The average molecular weight is 356 g/mol. The normalized spacial score (nSPS) is 12.3. The third kappa shape index (κ3) is 7.01. The largest absolute Gasteiger partial charge is 0.491 e. The number of nitrogens with zero attached hydrogens (tertiary/aromatic N) is 1. The third-order valence-corrected chi connectivity index (χ3v) is 4.57. The first kappa shape index (κ1) is 19.1.